The number of imidazole rings is 1. The second-order valence-corrected chi connectivity index (χ2v) is 4.38. The number of rotatable bonds is 6. The Hall–Kier alpha value is -2.04. The summed E-state index contributed by atoms with van der Waals surface area (Å²) in [6.45, 7) is 3.87. The second-order valence-electron chi connectivity index (χ2n) is 4.38. The lowest BCUT2D eigenvalue weighted by atomic mass is 10.2. The van der Waals surface area contributed by atoms with E-state index in [0.717, 1.165) is 37.3 Å². The predicted octanol–water partition coefficient (Wildman–Crippen LogP) is 2.06. The molecule has 5 heteroatoms. The summed E-state index contributed by atoms with van der Waals surface area (Å²) in [5, 5.41) is 3.26. The molecule has 0 bridgehead atoms. The molecule has 96 valence electrons. The van der Waals surface area contributed by atoms with E-state index in [0.29, 0.717) is 5.69 Å². The molecule has 0 spiro atoms. The second kappa shape index (κ2) is 6.05. The zero-order chi connectivity index (χ0) is 12.8. The molecule has 2 aromatic heterocycles. The minimum absolute atomic E-state index is 0.713. The lowest BCUT2D eigenvalue weighted by molar-refractivity contribution is 0.621. The zero-order valence-electron chi connectivity index (χ0n) is 10.6. The van der Waals surface area contributed by atoms with E-state index in [1.807, 2.05) is 31.7 Å². The lowest BCUT2D eigenvalue weighted by Crippen LogP contribution is -2.07. The number of aryl methyl sites for hydroxylation is 2. The van der Waals surface area contributed by atoms with Gasteiger partial charge < -0.3 is 15.6 Å². The van der Waals surface area contributed by atoms with Crippen LogP contribution in [0.3, 0.4) is 0 Å². The van der Waals surface area contributed by atoms with Crippen LogP contribution >= 0.6 is 0 Å². The highest BCUT2D eigenvalue weighted by molar-refractivity contribution is 5.61. The fourth-order valence-electron chi connectivity index (χ4n) is 1.78. The Morgan fingerprint density at radius 1 is 1.39 bits per heavy atom. The van der Waals surface area contributed by atoms with Crippen molar-refractivity contribution in [3.63, 3.8) is 0 Å². The van der Waals surface area contributed by atoms with Crippen LogP contribution < -0.4 is 11.1 Å². The van der Waals surface area contributed by atoms with Crippen LogP contribution in [0.1, 0.15) is 18.4 Å². The van der Waals surface area contributed by atoms with Crippen LogP contribution in [-0.4, -0.2) is 21.1 Å². The summed E-state index contributed by atoms with van der Waals surface area (Å²) in [4.78, 5) is 8.28. The molecule has 3 N–H and O–H groups in total. The van der Waals surface area contributed by atoms with Gasteiger partial charge >= 0.3 is 0 Å². The van der Waals surface area contributed by atoms with Gasteiger partial charge in [-0.15, -0.1) is 0 Å². The molecule has 0 radical (unpaired) electrons. The van der Waals surface area contributed by atoms with Gasteiger partial charge in [-0.2, -0.15) is 0 Å². The summed E-state index contributed by atoms with van der Waals surface area (Å²) in [5.41, 5.74) is 7.67. The Balaban J connectivity index is 1.69. The molecular weight excluding hydrogens is 226 g/mol. The number of nitrogens with two attached hydrogens (primary N) is 1. The molecule has 2 aromatic rings. The van der Waals surface area contributed by atoms with Gasteiger partial charge in [-0.05, 0) is 31.4 Å². The van der Waals surface area contributed by atoms with E-state index < -0.39 is 0 Å². The van der Waals surface area contributed by atoms with Crippen LogP contribution in [-0.2, 0) is 6.54 Å². The number of unbranched alkanes of at least 4 members (excludes halogenated alkanes) is 1. The number of hydrogen-bond acceptors (Lipinski definition) is 4. The van der Waals surface area contributed by atoms with Crippen LogP contribution in [0, 0.1) is 6.92 Å². The van der Waals surface area contributed by atoms with Crippen molar-refractivity contribution < 1.29 is 0 Å². The molecule has 0 fully saturated rings. The molecule has 0 aliphatic carbocycles. The summed E-state index contributed by atoms with van der Waals surface area (Å²) < 4.78 is 2.08. The van der Waals surface area contributed by atoms with Crippen molar-refractivity contribution in [3.8, 4) is 0 Å². The summed E-state index contributed by atoms with van der Waals surface area (Å²) >= 11 is 0. The Morgan fingerprint density at radius 3 is 3.00 bits per heavy atom. The number of nitrogens with zero attached hydrogens (tertiary/aromatic N) is 3. The molecule has 18 heavy (non-hydrogen) atoms. The van der Waals surface area contributed by atoms with E-state index >= 15 is 0 Å². The molecule has 5 nitrogen and oxygen atoms in total. The summed E-state index contributed by atoms with van der Waals surface area (Å²) in [5.74, 6) is 0.781. The van der Waals surface area contributed by atoms with Gasteiger partial charge in [0, 0.05) is 31.7 Å². The Morgan fingerprint density at radius 2 is 2.28 bits per heavy atom. The third kappa shape index (κ3) is 3.48. The zero-order valence-corrected chi connectivity index (χ0v) is 10.6. The van der Waals surface area contributed by atoms with Gasteiger partial charge in [0.15, 0.2) is 0 Å². The fraction of sp³-hybridized carbons (Fsp3) is 0.385. The van der Waals surface area contributed by atoms with Crippen molar-refractivity contribution in [2.75, 3.05) is 17.6 Å². The average Bonchev–Trinajstić information content (AvgIpc) is 2.84. The smallest absolute Gasteiger partial charge is 0.149 e. The monoisotopic (exact) mass is 245 g/mol. The van der Waals surface area contributed by atoms with E-state index in [9.17, 15) is 0 Å². The van der Waals surface area contributed by atoms with Crippen LogP contribution in [0.15, 0.2) is 31.0 Å². The van der Waals surface area contributed by atoms with Gasteiger partial charge in [0.1, 0.15) is 5.82 Å². The highest BCUT2D eigenvalue weighted by atomic mass is 15.0. The van der Waals surface area contributed by atoms with Gasteiger partial charge in [-0.3, -0.25) is 0 Å². The largest absolute Gasteiger partial charge is 0.396 e. The van der Waals surface area contributed by atoms with E-state index in [1.54, 1.807) is 6.20 Å². The van der Waals surface area contributed by atoms with E-state index in [4.69, 9.17) is 5.73 Å². The van der Waals surface area contributed by atoms with Crippen molar-refractivity contribution in [3.05, 3.63) is 36.5 Å². The first-order chi connectivity index (χ1) is 8.75. The molecule has 0 amide bonds. The number of hydrogen-bond donors (Lipinski definition) is 2. The maximum absolute atomic E-state index is 5.88. The van der Waals surface area contributed by atoms with E-state index in [-0.39, 0.29) is 0 Å². The summed E-state index contributed by atoms with van der Waals surface area (Å²) in [7, 11) is 0. The maximum Gasteiger partial charge on any atom is 0.149 e. The number of nitrogen functional groups attached to an aromatic ring is 1. The molecule has 0 aliphatic heterocycles. The van der Waals surface area contributed by atoms with Crippen LogP contribution in [0.2, 0.25) is 0 Å². The molecule has 0 unspecified atom stereocenters. The van der Waals surface area contributed by atoms with Crippen LogP contribution in [0.5, 0.6) is 0 Å². The highest BCUT2D eigenvalue weighted by Gasteiger charge is 1.99. The topological polar surface area (TPSA) is 68.8 Å². The number of anilines is 2. The normalized spacial score (nSPS) is 10.5. The van der Waals surface area contributed by atoms with Crippen molar-refractivity contribution in [2.45, 2.75) is 26.3 Å². The highest BCUT2D eigenvalue weighted by Crippen LogP contribution is 2.15. The fourth-order valence-corrected chi connectivity index (χ4v) is 1.78. The number of aromatic nitrogens is 3. The van der Waals surface area contributed by atoms with Crippen LogP contribution in [0.25, 0.3) is 0 Å². The van der Waals surface area contributed by atoms with E-state index in [1.165, 1.54) is 0 Å². The van der Waals surface area contributed by atoms with Gasteiger partial charge in [0.25, 0.3) is 0 Å². The summed E-state index contributed by atoms with van der Waals surface area (Å²) in [6.07, 6.45) is 9.63. The molecular formula is C13H19N5. The molecule has 0 saturated carbocycles. The first-order valence-electron chi connectivity index (χ1n) is 6.17. The van der Waals surface area contributed by atoms with Crippen molar-refractivity contribution in [1.29, 1.82) is 0 Å². The minimum atomic E-state index is 0.713. The lowest BCUT2D eigenvalue weighted by Gasteiger charge is -2.08. The predicted molar refractivity (Wildman–Crippen MR) is 73.3 cm³/mol. The van der Waals surface area contributed by atoms with Crippen LogP contribution in [0.4, 0.5) is 11.5 Å². The molecule has 2 rings (SSSR count). The van der Waals surface area contributed by atoms with Crippen molar-refractivity contribution in [2.24, 2.45) is 0 Å². The van der Waals surface area contributed by atoms with Crippen molar-refractivity contribution >= 4 is 11.5 Å². The Bertz CT molecular complexity index is 478. The minimum Gasteiger partial charge on any atom is -0.396 e. The number of nitrogens with one attached hydrogen (secondary N) is 1. The first-order valence-corrected chi connectivity index (χ1v) is 6.17. The van der Waals surface area contributed by atoms with Gasteiger partial charge in [0.05, 0.1) is 12.0 Å². The molecule has 0 saturated heterocycles. The third-order valence-corrected chi connectivity index (χ3v) is 2.75. The Labute approximate surface area is 107 Å². The van der Waals surface area contributed by atoms with Gasteiger partial charge in [-0.25, -0.2) is 9.97 Å². The quantitative estimate of drug-likeness (QED) is 0.764. The molecule has 0 atom stereocenters. The molecule has 2 heterocycles. The molecule has 0 aliphatic rings. The number of pyridine rings is 1. The van der Waals surface area contributed by atoms with Gasteiger partial charge in [0.2, 0.25) is 0 Å². The summed E-state index contributed by atoms with van der Waals surface area (Å²) in [6, 6.07) is 1.93. The van der Waals surface area contributed by atoms with E-state index in [2.05, 4.69) is 19.9 Å². The average molecular weight is 245 g/mol. The Kier molecular flexibility index (Phi) is 4.17. The maximum atomic E-state index is 5.88. The SMILES string of the molecule is Cc1cnc(NCCCCn2ccnc2)c(N)c1. The standard InChI is InChI=1S/C13H19N5/c1-11-8-12(14)13(17-9-11)16-4-2-3-6-18-7-5-15-10-18/h5,7-10H,2-4,6,14H2,1H3,(H,16,17). The van der Waals surface area contributed by atoms with Crippen molar-refractivity contribution in [1.82, 2.24) is 14.5 Å². The third-order valence-electron chi connectivity index (χ3n) is 2.75. The van der Waals surface area contributed by atoms with Gasteiger partial charge in [-0.1, -0.05) is 0 Å². The molecule has 0 aromatic carbocycles. The first kappa shape index (κ1) is 12.4.